The molecule has 0 aromatic heterocycles. The summed E-state index contributed by atoms with van der Waals surface area (Å²) in [4.78, 5) is 29.9. The fraction of sp³-hybridized carbons (Fsp3) is 0.500. The molecule has 0 fully saturated rings. The minimum absolute atomic E-state index is 0.0240. The summed E-state index contributed by atoms with van der Waals surface area (Å²) in [5.41, 5.74) is 4.61. The van der Waals surface area contributed by atoms with Crippen molar-refractivity contribution in [3.63, 3.8) is 0 Å². The molecule has 8 nitrogen and oxygen atoms in total. The van der Waals surface area contributed by atoms with E-state index in [1.807, 2.05) is 0 Å². The summed E-state index contributed by atoms with van der Waals surface area (Å²) in [6.07, 6.45) is -1.29. The van der Waals surface area contributed by atoms with Crippen molar-refractivity contribution in [2.45, 2.75) is 5.79 Å². The monoisotopic (exact) mass is 207 g/mol. The lowest BCUT2D eigenvalue weighted by molar-refractivity contribution is -0.216. The van der Waals surface area contributed by atoms with Crippen LogP contribution in [-0.4, -0.2) is 43.1 Å². The van der Waals surface area contributed by atoms with Crippen molar-refractivity contribution < 1.29 is 33.7 Å². The van der Waals surface area contributed by atoms with Crippen molar-refractivity contribution >= 4 is 19.0 Å². The number of hydrogen-bond donors (Lipinski definition) is 2. The zero-order chi connectivity index (χ0) is 11.0. The Balaban J connectivity index is 4.22. The Morgan fingerprint density at radius 3 is 2.00 bits per heavy atom. The Kier molecular flexibility index (Phi) is 5.00. The Morgan fingerprint density at radius 2 is 1.71 bits per heavy atom. The van der Waals surface area contributed by atoms with Gasteiger partial charge >= 0.3 is 6.09 Å². The minimum Gasteiger partial charge on any atom is -0.461 e. The topological polar surface area (TPSA) is 125 Å². The van der Waals surface area contributed by atoms with E-state index in [-0.39, 0.29) is 12.9 Å². The van der Waals surface area contributed by atoms with Crippen molar-refractivity contribution in [2.24, 2.45) is 5.73 Å². The molecule has 0 spiro atoms. The molecule has 0 saturated carbocycles. The summed E-state index contributed by atoms with van der Waals surface area (Å²) >= 11 is 0. The first-order chi connectivity index (χ1) is 6.54. The van der Waals surface area contributed by atoms with Gasteiger partial charge in [-0.2, -0.15) is 0 Å². The van der Waals surface area contributed by atoms with Crippen LogP contribution in [0.2, 0.25) is 0 Å². The Bertz CT molecular complexity index is 204. The fourth-order valence-corrected chi connectivity index (χ4v) is 0.616. The summed E-state index contributed by atoms with van der Waals surface area (Å²) in [7, 11) is 0. The van der Waals surface area contributed by atoms with E-state index < -0.39 is 25.1 Å². The highest BCUT2D eigenvalue weighted by atomic mass is 16.7. The van der Waals surface area contributed by atoms with E-state index in [0.29, 0.717) is 0 Å². The maximum atomic E-state index is 10.3. The molecule has 1 amide bonds. The lowest BCUT2D eigenvalue weighted by Crippen LogP contribution is -2.45. The second-order valence-electron chi connectivity index (χ2n) is 2.18. The maximum absolute atomic E-state index is 10.3. The summed E-state index contributed by atoms with van der Waals surface area (Å²) < 4.78 is 12.4. The van der Waals surface area contributed by atoms with Crippen molar-refractivity contribution in [1.82, 2.24) is 0 Å². The quantitative estimate of drug-likeness (QED) is 0.284. The average molecular weight is 207 g/mol. The van der Waals surface area contributed by atoms with Gasteiger partial charge in [0.25, 0.3) is 18.7 Å². The van der Waals surface area contributed by atoms with Gasteiger partial charge in [0.15, 0.2) is 13.2 Å². The Hall–Kier alpha value is -1.83. The van der Waals surface area contributed by atoms with Crippen molar-refractivity contribution in [3.05, 3.63) is 0 Å². The Morgan fingerprint density at radius 1 is 1.29 bits per heavy atom. The highest BCUT2D eigenvalue weighted by Gasteiger charge is 2.33. The van der Waals surface area contributed by atoms with Crippen LogP contribution in [0.25, 0.3) is 0 Å². The smallest absolute Gasteiger partial charge is 0.407 e. The standard InChI is InChI=1S/C6H9NO7/c7-5(10)14-6(11,1-12-3-8)2-13-4-9/h3-4,11H,1-2H2,(H2,7,10). The van der Waals surface area contributed by atoms with E-state index in [1.54, 1.807) is 0 Å². The molecule has 3 N–H and O–H groups in total. The molecule has 0 aliphatic carbocycles. The molecule has 0 saturated heterocycles. The number of aliphatic hydroxyl groups is 1. The van der Waals surface area contributed by atoms with Gasteiger partial charge in [-0.05, 0) is 0 Å². The van der Waals surface area contributed by atoms with Gasteiger partial charge in [-0.1, -0.05) is 0 Å². The second-order valence-corrected chi connectivity index (χ2v) is 2.18. The molecule has 0 unspecified atom stereocenters. The first-order valence-electron chi connectivity index (χ1n) is 3.35. The van der Waals surface area contributed by atoms with E-state index in [9.17, 15) is 19.5 Å². The molecule has 80 valence electrons. The molecular weight excluding hydrogens is 198 g/mol. The number of primary amides is 1. The molecule has 0 bridgehead atoms. The van der Waals surface area contributed by atoms with E-state index >= 15 is 0 Å². The lowest BCUT2D eigenvalue weighted by atomic mass is 10.3. The molecule has 0 aromatic rings. The number of carbonyl (C=O) groups excluding carboxylic acids is 3. The van der Waals surface area contributed by atoms with Gasteiger partial charge in [-0.15, -0.1) is 0 Å². The highest BCUT2D eigenvalue weighted by molar-refractivity contribution is 5.65. The summed E-state index contributed by atoms with van der Waals surface area (Å²) in [5.74, 6) is -2.26. The molecule has 0 aliphatic rings. The first-order valence-corrected chi connectivity index (χ1v) is 3.35. The molecule has 0 aromatic carbocycles. The number of rotatable bonds is 7. The van der Waals surface area contributed by atoms with E-state index in [0.717, 1.165) is 0 Å². The second kappa shape index (κ2) is 5.75. The number of hydrogen-bond acceptors (Lipinski definition) is 7. The summed E-state index contributed by atoms with van der Waals surface area (Å²) in [6, 6.07) is 0. The third kappa shape index (κ3) is 4.93. The number of ether oxygens (including phenoxy) is 3. The third-order valence-corrected chi connectivity index (χ3v) is 1.04. The predicted molar refractivity (Wildman–Crippen MR) is 39.7 cm³/mol. The van der Waals surface area contributed by atoms with Crippen molar-refractivity contribution in [3.8, 4) is 0 Å². The molecule has 0 atom stereocenters. The zero-order valence-electron chi connectivity index (χ0n) is 7.04. The van der Waals surface area contributed by atoms with Crippen LogP contribution in [0.4, 0.5) is 4.79 Å². The van der Waals surface area contributed by atoms with Crippen molar-refractivity contribution in [1.29, 1.82) is 0 Å². The van der Waals surface area contributed by atoms with Crippen LogP contribution in [0.15, 0.2) is 0 Å². The van der Waals surface area contributed by atoms with Crippen LogP contribution in [0.3, 0.4) is 0 Å². The molecule has 0 heterocycles. The zero-order valence-corrected chi connectivity index (χ0v) is 7.04. The molecule has 0 radical (unpaired) electrons. The SMILES string of the molecule is NC(=O)OC(O)(COC=O)COC=O. The molecular formula is C6H9NO7. The molecule has 8 heteroatoms. The minimum atomic E-state index is -2.26. The van der Waals surface area contributed by atoms with Crippen LogP contribution in [0.1, 0.15) is 0 Å². The van der Waals surface area contributed by atoms with Gasteiger partial charge in [-0.3, -0.25) is 9.59 Å². The van der Waals surface area contributed by atoms with Gasteiger partial charge < -0.3 is 25.1 Å². The first kappa shape index (κ1) is 12.2. The largest absolute Gasteiger partial charge is 0.461 e. The van der Waals surface area contributed by atoms with Crippen LogP contribution in [0.5, 0.6) is 0 Å². The average Bonchev–Trinajstić information content (AvgIpc) is 2.11. The van der Waals surface area contributed by atoms with Crippen LogP contribution >= 0.6 is 0 Å². The number of nitrogens with two attached hydrogens (primary N) is 1. The predicted octanol–water partition coefficient (Wildman–Crippen LogP) is -1.88. The number of carbonyl (C=O) groups is 3. The van der Waals surface area contributed by atoms with E-state index in [1.165, 1.54) is 0 Å². The van der Waals surface area contributed by atoms with Gasteiger partial charge in [0.05, 0.1) is 0 Å². The molecule has 14 heavy (non-hydrogen) atoms. The van der Waals surface area contributed by atoms with Gasteiger partial charge in [0, 0.05) is 0 Å². The van der Waals surface area contributed by atoms with Crippen LogP contribution in [0, 0.1) is 0 Å². The van der Waals surface area contributed by atoms with Gasteiger partial charge in [-0.25, -0.2) is 4.79 Å². The van der Waals surface area contributed by atoms with E-state index in [4.69, 9.17) is 0 Å². The molecule has 0 rings (SSSR count). The normalized spacial score (nSPS) is 10.1. The lowest BCUT2D eigenvalue weighted by Gasteiger charge is -2.24. The highest BCUT2D eigenvalue weighted by Crippen LogP contribution is 2.07. The van der Waals surface area contributed by atoms with E-state index in [2.05, 4.69) is 19.9 Å². The van der Waals surface area contributed by atoms with Crippen molar-refractivity contribution in [2.75, 3.05) is 13.2 Å². The maximum Gasteiger partial charge on any atom is 0.407 e. The molecule has 0 aliphatic heterocycles. The third-order valence-electron chi connectivity index (χ3n) is 1.04. The Labute approximate surface area is 78.5 Å². The number of amides is 1. The fourth-order valence-electron chi connectivity index (χ4n) is 0.616. The van der Waals surface area contributed by atoms with Crippen LogP contribution in [-0.2, 0) is 23.8 Å². The summed E-state index contributed by atoms with van der Waals surface area (Å²) in [6.45, 7) is -1.33. The van der Waals surface area contributed by atoms with Gasteiger partial charge in [0.1, 0.15) is 0 Å². The van der Waals surface area contributed by atoms with Gasteiger partial charge in [0.2, 0.25) is 0 Å². The summed E-state index contributed by atoms with van der Waals surface area (Å²) in [5, 5.41) is 9.35. The van der Waals surface area contributed by atoms with Crippen LogP contribution < -0.4 is 5.73 Å².